The van der Waals surface area contributed by atoms with Crippen LogP contribution in [0.25, 0.3) is 0 Å². The minimum Gasteiger partial charge on any atom is -0.383 e. The zero-order valence-electron chi connectivity index (χ0n) is 9.27. The van der Waals surface area contributed by atoms with Gasteiger partial charge in [0.1, 0.15) is 5.25 Å². The van der Waals surface area contributed by atoms with Gasteiger partial charge >= 0.3 is 0 Å². The van der Waals surface area contributed by atoms with Crippen molar-refractivity contribution in [3.8, 4) is 0 Å². The largest absolute Gasteiger partial charge is 0.383 e. The second kappa shape index (κ2) is 3.75. The van der Waals surface area contributed by atoms with E-state index in [9.17, 15) is 8.42 Å². The summed E-state index contributed by atoms with van der Waals surface area (Å²) in [5, 5.41) is 2.15. The van der Waals surface area contributed by atoms with Crippen LogP contribution in [0.2, 0.25) is 0 Å². The molecule has 0 aliphatic carbocycles. The summed E-state index contributed by atoms with van der Waals surface area (Å²) in [4.78, 5) is 0. The Morgan fingerprint density at radius 1 is 1.44 bits per heavy atom. The number of nitrogens with one attached hydrogen (secondary N) is 1. The molecule has 1 unspecified atom stereocenters. The van der Waals surface area contributed by atoms with Crippen LogP contribution in [0.4, 0.5) is 5.69 Å². The van der Waals surface area contributed by atoms with E-state index >= 15 is 0 Å². The van der Waals surface area contributed by atoms with Crippen molar-refractivity contribution in [1.82, 2.24) is 0 Å². The van der Waals surface area contributed by atoms with Gasteiger partial charge in [0.15, 0.2) is 0 Å². The lowest BCUT2D eigenvalue weighted by atomic mass is 10.00. The zero-order valence-corrected chi connectivity index (χ0v) is 10.1. The smallest absolute Gasteiger partial charge is 0.273 e. The van der Waals surface area contributed by atoms with E-state index in [1.54, 1.807) is 0 Å². The van der Waals surface area contributed by atoms with Gasteiger partial charge in [-0.15, -0.1) is 0 Å². The van der Waals surface area contributed by atoms with Crippen LogP contribution < -0.4 is 5.32 Å². The third-order valence-electron chi connectivity index (χ3n) is 2.93. The van der Waals surface area contributed by atoms with Gasteiger partial charge in [-0.05, 0) is 23.1 Å². The van der Waals surface area contributed by atoms with Gasteiger partial charge in [-0.25, -0.2) is 0 Å². The van der Waals surface area contributed by atoms with Crippen LogP contribution in [-0.2, 0) is 10.1 Å². The monoisotopic (exact) mass is 241 g/mol. The lowest BCUT2D eigenvalue weighted by Crippen LogP contribution is -2.13. The molecule has 1 aromatic carbocycles. The van der Waals surface area contributed by atoms with Crippen LogP contribution in [0.1, 0.15) is 36.1 Å². The average Bonchev–Trinajstić information content (AvgIpc) is 2.58. The zero-order chi connectivity index (χ0) is 11.9. The molecular formula is C11H15NO3S. The summed E-state index contributed by atoms with van der Waals surface area (Å²) in [5.41, 5.74) is 2.55. The summed E-state index contributed by atoms with van der Waals surface area (Å²) >= 11 is 0. The molecule has 5 heteroatoms. The van der Waals surface area contributed by atoms with Crippen molar-refractivity contribution in [1.29, 1.82) is 0 Å². The van der Waals surface area contributed by atoms with Crippen LogP contribution in [0.3, 0.4) is 0 Å². The highest BCUT2D eigenvalue weighted by Crippen LogP contribution is 2.36. The molecule has 0 radical (unpaired) electrons. The molecule has 1 heterocycles. The number of rotatable bonds is 2. The number of hydrogen-bond acceptors (Lipinski definition) is 3. The van der Waals surface area contributed by atoms with E-state index in [0.717, 1.165) is 11.3 Å². The first kappa shape index (κ1) is 11.4. The molecule has 1 aliphatic heterocycles. The second-order valence-electron chi connectivity index (χ2n) is 4.39. The van der Waals surface area contributed by atoms with E-state index in [2.05, 4.69) is 5.32 Å². The third-order valence-corrected chi connectivity index (χ3v) is 4.07. The second-order valence-corrected chi connectivity index (χ2v) is 5.98. The molecule has 0 spiro atoms. The standard InChI is InChI=1S/C11H15NO3S/c1-7(2)8-3-4-10-9(5-8)11(6-12-10)16(13,14)15/h3-5,7,11-12H,6H2,1-2H3,(H,13,14,15). The summed E-state index contributed by atoms with van der Waals surface area (Å²) < 4.78 is 31.5. The van der Waals surface area contributed by atoms with Crippen LogP contribution >= 0.6 is 0 Å². The Balaban J connectivity index is 2.49. The van der Waals surface area contributed by atoms with Gasteiger partial charge in [0, 0.05) is 12.2 Å². The quantitative estimate of drug-likeness (QED) is 0.779. The highest BCUT2D eigenvalue weighted by molar-refractivity contribution is 7.86. The van der Waals surface area contributed by atoms with Gasteiger partial charge in [0.05, 0.1) is 0 Å². The van der Waals surface area contributed by atoms with Crippen molar-refractivity contribution in [2.45, 2.75) is 25.0 Å². The van der Waals surface area contributed by atoms with E-state index in [1.807, 2.05) is 32.0 Å². The van der Waals surface area contributed by atoms with Gasteiger partial charge < -0.3 is 5.32 Å². The first-order valence-electron chi connectivity index (χ1n) is 5.23. The van der Waals surface area contributed by atoms with Gasteiger partial charge in [-0.1, -0.05) is 26.0 Å². The van der Waals surface area contributed by atoms with E-state index in [0.29, 0.717) is 11.5 Å². The number of benzene rings is 1. The molecular weight excluding hydrogens is 226 g/mol. The molecule has 4 nitrogen and oxygen atoms in total. The third kappa shape index (κ3) is 1.92. The van der Waals surface area contributed by atoms with Crippen LogP contribution in [-0.4, -0.2) is 19.5 Å². The fourth-order valence-electron chi connectivity index (χ4n) is 1.95. The highest BCUT2D eigenvalue weighted by Gasteiger charge is 2.32. The van der Waals surface area contributed by atoms with E-state index in [1.165, 1.54) is 0 Å². The van der Waals surface area contributed by atoms with Crippen LogP contribution in [0.15, 0.2) is 18.2 Å². The highest BCUT2D eigenvalue weighted by atomic mass is 32.2. The minimum atomic E-state index is -4.02. The van der Waals surface area contributed by atoms with Gasteiger partial charge in [-0.3, -0.25) is 4.55 Å². The summed E-state index contributed by atoms with van der Waals surface area (Å²) in [6.45, 7) is 4.34. The fraction of sp³-hybridized carbons (Fsp3) is 0.455. The number of hydrogen-bond donors (Lipinski definition) is 2. The van der Waals surface area contributed by atoms with Crippen LogP contribution in [0.5, 0.6) is 0 Å². The minimum absolute atomic E-state index is 0.246. The Labute approximate surface area is 95.4 Å². The Morgan fingerprint density at radius 2 is 2.12 bits per heavy atom. The van der Waals surface area contributed by atoms with Gasteiger partial charge in [0.2, 0.25) is 0 Å². The summed E-state index contributed by atoms with van der Waals surface area (Å²) in [6.07, 6.45) is 0. The Morgan fingerprint density at radius 3 is 2.69 bits per heavy atom. The summed E-state index contributed by atoms with van der Waals surface area (Å²) in [5.74, 6) is 0.341. The predicted octanol–water partition coefficient (Wildman–Crippen LogP) is 2.16. The van der Waals surface area contributed by atoms with E-state index in [4.69, 9.17) is 4.55 Å². The van der Waals surface area contributed by atoms with Crippen LogP contribution in [0, 0.1) is 0 Å². The van der Waals surface area contributed by atoms with Crippen molar-refractivity contribution >= 4 is 15.8 Å². The molecule has 0 bridgehead atoms. The molecule has 0 fully saturated rings. The van der Waals surface area contributed by atoms with Gasteiger partial charge in [0.25, 0.3) is 10.1 Å². The number of anilines is 1. The number of fused-ring (bicyclic) bond motifs is 1. The Bertz CT molecular complexity index is 508. The maximum Gasteiger partial charge on any atom is 0.273 e. The Hall–Kier alpha value is -1.07. The normalized spacial score (nSPS) is 19.6. The van der Waals surface area contributed by atoms with E-state index in [-0.39, 0.29) is 6.54 Å². The van der Waals surface area contributed by atoms with Gasteiger partial charge in [-0.2, -0.15) is 8.42 Å². The Kier molecular flexibility index (Phi) is 2.67. The van der Waals surface area contributed by atoms with E-state index < -0.39 is 15.4 Å². The summed E-state index contributed by atoms with van der Waals surface area (Å²) in [7, 11) is -4.02. The SMILES string of the molecule is CC(C)c1ccc2c(c1)C(S(=O)(=O)O)CN2. The lowest BCUT2D eigenvalue weighted by molar-refractivity contribution is 0.472. The maximum atomic E-state index is 11.2. The molecule has 0 aromatic heterocycles. The average molecular weight is 241 g/mol. The molecule has 1 aromatic rings. The summed E-state index contributed by atoms with van der Waals surface area (Å²) in [6, 6.07) is 5.71. The molecule has 16 heavy (non-hydrogen) atoms. The predicted molar refractivity (Wildman–Crippen MR) is 63.3 cm³/mol. The molecule has 2 N–H and O–H groups in total. The van der Waals surface area contributed by atoms with Crippen molar-refractivity contribution in [2.24, 2.45) is 0 Å². The molecule has 1 aliphatic rings. The molecule has 1 atom stereocenters. The van der Waals surface area contributed by atoms with Crippen molar-refractivity contribution in [2.75, 3.05) is 11.9 Å². The van der Waals surface area contributed by atoms with Crippen molar-refractivity contribution in [3.63, 3.8) is 0 Å². The molecule has 0 saturated carbocycles. The lowest BCUT2D eigenvalue weighted by Gasteiger charge is -2.10. The fourth-order valence-corrected chi connectivity index (χ4v) is 2.76. The topological polar surface area (TPSA) is 66.4 Å². The molecule has 88 valence electrons. The molecule has 0 amide bonds. The first-order chi connectivity index (χ1) is 7.39. The van der Waals surface area contributed by atoms with Crippen molar-refractivity contribution in [3.05, 3.63) is 29.3 Å². The first-order valence-corrected chi connectivity index (χ1v) is 6.74. The molecule has 2 rings (SSSR count). The maximum absolute atomic E-state index is 11.2. The van der Waals surface area contributed by atoms with Crippen molar-refractivity contribution < 1.29 is 13.0 Å². The molecule has 0 saturated heterocycles.